The van der Waals surface area contributed by atoms with Crippen LogP contribution < -0.4 is 0 Å². The Bertz CT molecular complexity index is 118. The van der Waals surface area contributed by atoms with E-state index in [0.717, 1.165) is 0 Å². The first-order chi connectivity index (χ1) is 4.42. The number of hydrogen-bond donors (Lipinski definition) is 0. The minimum atomic E-state index is -1.31. The highest BCUT2D eigenvalue weighted by atomic mass is 28.3. The molecule has 0 heterocycles. The van der Waals surface area contributed by atoms with Crippen molar-refractivity contribution in [2.75, 3.05) is 0 Å². The molecule has 0 fully saturated rings. The van der Waals surface area contributed by atoms with Gasteiger partial charge in [0, 0.05) is 5.54 Å². The highest BCUT2D eigenvalue weighted by molar-refractivity contribution is 6.82. The summed E-state index contributed by atoms with van der Waals surface area (Å²) in [6.45, 7) is 10.9. The molecule has 1 atom stereocenters. The molecule has 0 aliphatic carbocycles. The largest absolute Gasteiger partial charge is 0.291 e. The van der Waals surface area contributed by atoms with Gasteiger partial charge in [-0.3, -0.25) is 4.79 Å². The van der Waals surface area contributed by atoms with Gasteiger partial charge in [-0.15, -0.1) is 0 Å². The SMILES string of the molecule is CC(C)[Si](C)(C)C(C)[C]=O. The molecule has 1 unspecified atom stereocenters. The summed E-state index contributed by atoms with van der Waals surface area (Å²) in [5, 5.41) is 0. The molecule has 0 spiro atoms. The van der Waals surface area contributed by atoms with Gasteiger partial charge in [-0.1, -0.05) is 39.4 Å². The summed E-state index contributed by atoms with van der Waals surface area (Å²) >= 11 is 0. The summed E-state index contributed by atoms with van der Waals surface area (Å²) in [5.41, 5.74) is 0.844. The lowest BCUT2D eigenvalue weighted by Crippen LogP contribution is -2.35. The van der Waals surface area contributed by atoms with Crippen molar-refractivity contribution in [2.45, 2.75) is 44.9 Å². The molecule has 2 heteroatoms. The van der Waals surface area contributed by atoms with Gasteiger partial charge in [-0.25, -0.2) is 0 Å². The minimum absolute atomic E-state index is 0.174. The van der Waals surface area contributed by atoms with Gasteiger partial charge in [0.1, 0.15) is 0 Å². The maximum atomic E-state index is 10.4. The van der Waals surface area contributed by atoms with E-state index < -0.39 is 8.07 Å². The predicted octanol–water partition coefficient (Wildman–Crippen LogP) is 2.60. The van der Waals surface area contributed by atoms with E-state index >= 15 is 0 Å². The first-order valence-corrected chi connectivity index (χ1v) is 6.96. The van der Waals surface area contributed by atoms with E-state index in [4.69, 9.17) is 0 Å². The highest BCUT2D eigenvalue weighted by Gasteiger charge is 2.31. The Hall–Kier alpha value is -0.113. The van der Waals surface area contributed by atoms with Crippen LogP contribution in [0.4, 0.5) is 0 Å². The molecule has 0 saturated carbocycles. The molecule has 0 saturated heterocycles. The van der Waals surface area contributed by atoms with Gasteiger partial charge in [0.25, 0.3) is 0 Å². The lowest BCUT2D eigenvalue weighted by molar-refractivity contribution is 0.552. The average molecular weight is 157 g/mol. The molecule has 0 aromatic carbocycles. The average Bonchev–Trinajstić information content (AvgIpc) is 1.86. The van der Waals surface area contributed by atoms with Crippen molar-refractivity contribution in [2.24, 2.45) is 0 Å². The van der Waals surface area contributed by atoms with Crippen LogP contribution in [0, 0.1) is 0 Å². The summed E-state index contributed by atoms with van der Waals surface area (Å²) in [6, 6.07) is 0. The first kappa shape index (κ1) is 9.89. The lowest BCUT2D eigenvalue weighted by atomic mass is 10.5. The summed E-state index contributed by atoms with van der Waals surface area (Å²) < 4.78 is 0. The van der Waals surface area contributed by atoms with E-state index in [1.165, 1.54) is 0 Å². The zero-order valence-electron chi connectivity index (χ0n) is 7.56. The molecule has 0 bridgehead atoms. The smallest absolute Gasteiger partial charge is 0.198 e. The Kier molecular flexibility index (Phi) is 3.29. The van der Waals surface area contributed by atoms with Crippen molar-refractivity contribution in [3.05, 3.63) is 0 Å². The Balaban J connectivity index is 4.22. The van der Waals surface area contributed by atoms with Crippen molar-refractivity contribution in [1.29, 1.82) is 0 Å². The van der Waals surface area contributed by atoms with Crippen LogP contribution in [0.5, 0.6) is 0 Å². The predicted molar refractivity (Wildman–Crippen MR) is 47.7 cm³/mol. The fourth-order valence-electron chi connectivity index (χ4n) is 0.652. The molecule has 0 aliphatic heterocycles. The molecular formula is C8H17OSi. The quantitative estimate of drug-likeness (QED) is 0.576. The molecule has 0 amide bonds. The summed E-state index contributed by atoms with van der Waals surface area (Å²) in [4.78, 5) is 10.4. The van der Waals surface area contributed by atoms with Crippen molar-refractivity contribution in [3.8, 4) is 0 Å². The lowest BCUT2D eigenvalue weighted by Gasteiger charge is -2.29. The molecule has 1 radical (unpaired) electrons. The summed E-state index contributed by atoms with van der Waals surface area (Å²) in [6.07, 6.45) is 2.10. The fourth-order valence-corrected chi connectivity index (χ4v) is 1.96. The van der Waals surface area contributed by atoms with Crippen LogP contribution in [-0.4, -0.2) is 14.4 Å². The third-order valence-electron chi connectivity index (χ3n) is 2.78. The third-order valence-corrected chi connectivity index (χ3v) is 8.11. The first-order valence-electron chi connectivity index (χ1n) is 3.80. The molecule has 0 aliphatic rings. The van der Waals surface area contributed by atoms with Crippen LogP contribution in [0.2, 0.25) is 24.2 Å². The molecule has 59 valence electrons. The Morgan fingerprint density at radius 3 is 1.70 bits per heavy atom. The fraction of sp³-hybridized carbons (Fsp3) is 0.875. The van der Waals surface area contributed by atoms with Crippen molar-refractivity contribution in [3.63, 3.8) is 0 Å². The zero-order chi connectivity index (χ0) is 8.36. The second-order valence-corrected chi connectivity index (χ2v) is 9.48. The Morgan fingerprint density at radius 2 is 1.60 bits per heavy atom. The molecule has 0 N–H and O–H groups in total. The second kappa shape index (κ2) is 3.33. The van der Waals surface area contributed by atoms with Gasteiger partial charge in [-0.05, 0) is 0 Å². The molecule has 1 nitrogen and oxygen atoms in total. The topological polar surface area (TPSA) is 17.1 Å². The van der Waals surface area contributed by atoms with Crippen LogP contribution in [0.1, 0.15) is 20.8 Å². The standard InChI is InChI=1S/C8H17OSi/c1-7(2)10(4,5)8(3)6-9/h7-8H,1-5H3. The van der Waals surface area contributed by atoms with Crippen molar-refractivity contribution < 1.29 is 4.79 Å². The van der Waals surface area contributed by atoms with E-state index in [1.54, 1.807) is 0 Å². The van der Waals surface area contributed by atoms with Gasteiger partial charge in [-0.2, -0.15) is 0 Å². The maximum Gasteiger partial charge on any atom is 0.198 e. The Morgan fingerprint density at radius 1 is 1.20 bits per heavy atom. The monoisotopic (exact) mass is 157 g/mol. The number of hydrogen-bond acceptors (Lipinski definition) is 1. The van der Waals surface area contributed by atoms with Crippen LogP contribution in [0.15, 0.2) is 0 Å². The summed E-state index contributed by atoms with van der Waals surface area (Å²) in [7, 11) is -1.31. The minimum Gasteiger partial charge on any atom is -0.291 e. The highest BCUT2D eigenvalue weighted by Crippen LogP contribution is 2.30. The van der Waals surface area contributed by atoms with Gasteiger partial charge in [0.05, 0.1) is 8.07 Å². The second-order valence-electron chi connectivity index (χ2n) is 3.82. The van der Waals surface area contributed by atoms with Gasteiger partial charge in [0.15, 0.2) is 6.29 Å². The Labute approximate surface area is 64.8 Å². The van der Waals surface area contributed by atoms with Gasteiger partial charge >= 0.3 is 0 Å². The normalized spacial score (nSPS) is 15.4. The number of rotatable bonds is 3. The van der Waals surface area contributed by atoms with E-state index in [2.05, 4.69) is 33.2 Å². The molecule has 0 aromatic heterocycles. The molecule has 0 aromatic rings. The molecule has 10 heavy (non-hydrogen) atoms. The number of carbonyl (C=O) groups excluding carboxylic acids is 1. The third kappa shape index (κ3) is 1.94. The maximum absolute atomic E-state index is 10.4. The van der Waals surface area contributed by atoms with E-state index in [1.807, 2.05) is 6.92 Å². The van der Waals surface area contributed by atoms with E-state index in [0.29, 0.717) is 5.54 Å². The van der Waals surface area contributed by atoms with Gasteiger partial charge in [0.2, 0.25) is 0 Å². The van der Waals surface area contributed by atoms with Crippen LogP contribution >= 0.6 is 0 Å². The van der Waals surface area contributed by atoms with Gasteiger partial charge < -0.3 is 0 Å². The van der Waals surface area contributed by atoms with Crippen molar-refractivity contribution in [1.82, 2.24) is 0 Å². The van der Waals surface area contributed by atoms with Crippen LogP contribution in [0.3, 0.4) is 0 Å². The van der Waals surface area contributed by atoms with Crippen LogP contribution in [0.25, 0.3) is 0 Å². The zero-order valence-corrected chi connectivity index (χ0v) is 8.56. The summed E-state index contributed by atoms with van der Waals surface area (Å²) in [5.74, 6) is 0. The van der Waals surface area contributed by atoms with Crippen molar-refractivity contribution >= 4 is 14.4 Å². The van der Waals surface area contributed by atoms with E-state index in [-0.39, 0.29) is 5.54 Å². The van der Waals surface area contributed by atoms with Crippen LogP contribution in [-0.2, 0) is 4.79 Å². The van der Waals surface area contributed by atoms with E-state index in [9.17, 15) is 4.79 Å². The molecular weight excluding hydrogens is 140 g/mol. The molecule has 0 rings (SSSR count).